The fourth-order valence-electron chi connectivity index (χ4n) is 3.97. The number of amides is 1. The minimum Gasteiger partial charge on any atom is -0.507 e. The van der Waals surface area contributed by atoms with Gasteiger partial charge in [0.05, 0.1) is 44.6 Å². The van der Waals surface area contributed by atoms with Gasteiger partial charge in [0.1, 0.15) is 23.0 Å². The molecule has 1 fully saturated rings. The van der Waals surface area contributed by atoms with E-state index in [0.29, 0.717) is 35.8 Å². The molecular weight excluding hydrogens is 438 g/mol. The van der Waals surface area contributed by atoms with Crippen LogP contribution in [0.2, 0.25) is 0 Å². The lowest BCUT2D eigenvalue weighted by atomic mass is 9.94. The first-order valence-electron chi connectivity index (χ1n) is 11.1. The van der Waals surface area contributed by atoms with Crippen LogP contribution in [0.1, 0.15) is 37.4 Å². The molecule has 1 aliphatic heterocycles. The van der Waals surface area contributed by atoms with Crippen LogP contribution in [0.25, 0.3) is 5.76 Å². The Bertz CT molecular complexity index is 1080. The van der Waals surface area contributed by atoms with E-state index in [1.54, 1.807) is 49.6 Å². The van der Waals surface area contributed by atoms with E-state index in [0.717, 1.165) is 0 Å². The zero-order valence-corrected chi connectivity index (χ0v) is 20.2. The molecular formula is C26H31NO7. The topological polar surface area (TPSA) is 94.5 Å². The maximum atomic E-state index is 13.2. The number of rotatable bonds is 10. The van der Waals surface area contributed by atoms with Crippen molar-refractivity contribution in [2.45, 2.75) is 32.4 Å². The molecule has 1 amide bonds. The van der Waals surface area contributed by atoms with E-state index in [2.05, 4.69) is 0 Å². The molecule has 1 saturated heterocycles. The number of carbonyl (C=O) groups is 2. The van der Waals surface area contributed by atoms with Gasteiger partial charge in [-0.05, 0) is 56.2 Å². The van der Waals surface area contributed by atoms with Crippen molar-refractivity contribution in [2.24, 2.45) is 0 Å². The van der Waals surface area contributed by atoms with Crippen molar-refractivity contribution in [3.8, 4) is 17.2 Å². The highest BCUT2D eigenvalue weighted by Gasteiger charge is 2.46. The molecule has 182 valence electrons. The molecule has 1 aliphatic rings. The van der Waals surface area contributed by atoms with E-state index in [4.69, 9.17) is 18.9 Å². The van der Waals surface area contributed by atoms with Gasteiger partial charge in [0.15, 0.2) is 0 Å². The molecule has 0 spiro atoms. The van der Waals surface area contributed by atoms with Crippen molar-refractivity contribution < 1.29 is 33.6 Å². The lowest BCUT2D eigenvalue weighted by Crippen LogP contribution is -2.31. The highest BCUT2D eigenvalue weighted by Crippen LogP contribution is 2.42. The smallest absolute Gasteiger partial charge is 0.295 e. The van der Waals surface area contributed by atoms with Gasteiger partial charge < -0.3 is 29.0 Å². The van der Waals surface area contributed by atoms with Crippen LogP contribution in [-0.2, 0) is 14.3 Å². The molecule has 1 heterocycles. The van der Waals surface area contributed by atoms with Gasteiger partial charge in [-0.15, -0.1) is 0 Å². The van der Waals surface area contributed by atoms with Crippen LogP contribution < -0.4 is 14.2 Å². The summed E-state index contributed by atoms with van der Waals surface area (Å²) >= 11 is 0. The number of hydrogen-bond donors (Lipinski definition) is 1. The third-order valence-corrected chi connectivity index (χ3v) is 5.61. The minimum absolute atomic E-state index is 0.0189. The lowest BCUT2D eigenvalue weighted by Gasteiger charge is -2.26. The first-order valence-corrected chi connectivity index (χ1v) is 11.1. The summed E-state index contributed by atoms with van der Waals surface area (Å²) in [5, 5.41) is 11.3. The minimum atomic E-state index is -0.801. The number of ketones is 1. The van der Waals surface area contributed by atoms with Gasteiger partial charge in [0.2, 0.25) is 0 Å². The maximum absolute atomic E-state index is 13.2. The Morgan fingerprint density at radius 2 is 1.71 bits per heavy atom. The van der Waals surface area contributed by atoms with Crippen LogP contribution in [0.15, 0.2) is 48.0 Å². The van der Waals surface area contributed by atoms with Crippen molar-refractivity contribution in [1.29, 1.82) is 0 Å². The van der Waals surface area contributed by atoms with Crippen LogP contribution in [0.3, 0.4) is 0 Å². The number of Topliss-reactive ketones (excluding diaryl/α,β-unsaturated/α-hetero) is 1. The molecule has 2 aromatic rings. The first kappa shape index (κ1) is 25.1. The highest BCUT2D eigenvalue weighted by molar-refractivity contribution is 6.46. The Morgan fingerprint density at radius 3 is 2.35 bits per heavy atom. The van der Waals surface area contributed by atoms with E-state index in [9.17, 15) is 14.7 Å². The Balaban J connectivity index is 2.13. The lowest BCUT2D eigenvalue weighted by molar-refractivity contribution is -0.140. The fourth-order valence-corrected chi connectivity index (χ4v) is 3.97. The van der Waals surface area contributed by atoms with Gasteiger partial charge in [-0.3, -0.25) is 9.59 Å². The van der Waals surface area contributed by atoms with Crippen molar-refractivity contribution >= 4 is 17.4 Å². The number of carbonyl (C=O) groups excluding carboxylic acids is 2. The molecule has 0 radical (unpaired) electrons. The van der Waals surface area contributed by atoms with Gasteiger partial charge in [-0.25, -0.2) is 0 Å². The van der Waals surface area contributed by atoms with Gasteiger partial charge >= 0.3 is 0 Å². The van der Waals surface area contributed by atoms with Crippen LogP contribution in [0, 0.1) is 0 Å². The number of aliphatic hydroxyl groups excluding tert-OH is 1. The molecule has 3 rings (SSSR count). The summed E-state index contributed by atoms with van der Waals surface area (Å²) in [6.07, 6.45) is 0.596. The summed E-state index contributed by atoms with van der Waals surface area (Å²) in [4.78, 5) is 27.8. The summed E-state index contributed by atoms with van der Waals surface area (Å²) in [5.74, 6) is -0.381. The zero-order chi connectivity index (χ0) is 24.8. The van der Waals surface area contributed by atoms with E-state index in [1.165, 1.54) is 19.1 Å². The summed E-state index contributed by atoms with van der Waals surface area (Å²) in [5.41, 5.74) is 0.886. The third kappa shape index (κ3) is 5.17. The molecule has 2 aromatic carbocycles. The highest BCUT2D eigenvalue weighted by atomic mass is 16.5. The van der Waals surface area contributed by atoms with E-state index >= 15 is 0 Å². The molecule has 1 unspecified atom stereocenters. The molecule has 1 N–H and O–H groups in total. The molecule has 0 bridgehead atoms. The summed E-state index contributed by atoms with van der Waals surface area (Å²) in [6, 6.07) is 11.2. The van der Waals surface area contributed by atoms with E-state index in [1.807, 2.05) is 13.8 Å². The molecule has 8 heteroatoms. The predicted molar refractivity (Wildman–Crippen MR) is 127 cm³/mol. The van der Waals surface area contributed by atoms with Gasteiger partial charge in [-0.1, -0.05) is 12.1 Å². The number of likely N-dealkylation sites (tertiary alicyclic amines) is 1. The van der Waals surface area contributed by atoms with Crippen molar-refractivity contribution in [3.05, 3.63) is 59.2 Å². The van der Waals surface area contributed by atoms with Crippen LogP contribution in [-0.4, -0.2) is 62.3 Å². The molecule has 8 nitrogen and oxygen atoms in total. The molecule has 0 saturated carbocycles. The number of methoxy groups -OCH3 is 3. The Morgan fingerprint density at radius 1 is 1.00 bits per heavy atom. The Labute approximate surface area is 199 Å². The predicted octanol–water partition coefficient (Wildman–Crippen LogP) is 3.95. The standard InChI is InChI=1S/C26H31NO7/c1-16(2)34-13-7-12-27-23(17-8-6-9-18(14-17)31-3)22(25(29)26(27)30)24(28)20-15-19(32-4)10-11-21(20)33-5/h6,8-11,14-16,23,28H,7,12-13H2,1-5H3/b24-22+. The quantitative estimate of drug-likeness (QED) is 0.244. The molecule has 1 atom stereocenters. The first-order chi connectivity index (χ1) is 16.3. The molecule has 0 aliphatic carbocycles. The second kappa shape index (κ2) is 11.1. The zero-order valence-electron chi connectivity index (χ0n) is 20.2. The SMILES string of the molecule is COc1cccc(C2/C(=C(\O)c3cc(OC)ccc3OC)C(=O)C(=O)N2CCCOC(C)C)c1. The summed E-state index contributed by atoms with van der Waals surface area (Å²) < 4.78 is 21.6. The largest absolute Gasteiger partial charge is 0.507 e. The third-order valence-electron chi connectivity index (χ3n) is 5.61. The van der Waals surface area contributed by atoms with Crippen LogP contribution in [0.5, 0.6) is 17.2 Å². The fraction of sp³-hybridized carbons (Fsp3) is 0.385. The summed E-state index contributed by atoms with van der Waals surface area (Å²) in [7, 11) is 4.51. The average Bonchev–Trinajstić information content (AvgIpc) is 3.10. The second-order valence-electron chi connectivity index (χ2n) is 8.11. The Kier molecular flexibility index (Phi) is 8.17. The number of benzene rings is 2. The number of nitrogens with zero attached hydrogens (tertiary/aromatic N) is 1. The van der Waals surface area contributed by atoms with Gasteiger partial charge in [-0.2, -0.15) is 0 Å². The number of ether oxygens (including phenoxy) is 4. The van der Waals surface area contributed by atoms with E-state index < -0.39 is 17.7 Å². The van der Waals surface area contributed by atoms with Crippen molar-refractivity contribution in [1.82, 2.24) is 4.90 Å². The van der Waals surface area contributed by atoms with Crippen molar-refractivity contribution in [3.63, 3.8) is 0 Å². The Hall–Kier alpha value is -3.52. The molecule has 0 aromatic heterocycles. The maximum Gasteiger partial charge on any atom is 0.295 e. The number of hydrogen-bond acceptors (Lipinski definition) is 7. The summed E-state index contributed by atoms with van der Waals surface area (Å²) in [6.45, 7) is 4.59. The van der Waals surface area contributed by atoms with Crippen LogP contribution in [0.4, 0.5) is 0 Å². The van der Waals surface area contributed by atoms with E-state index in [-0.39, 0.29) is 29.5 Å². The van der Waals surface area contributed by atoms with Gasteiger partial charge in [0.25, 0.3) is 11.7 Å². The van der Waals surface area contributed by atoms with Crippen LogP contribution >= 0.6 is 0 Å². The van der Waals surface area contributed by atoms with Gasteiger partial charge in [0, 0.05) is 13.2 Å². The molecule has 34 heavy (non-hydrogen) atoms. The normalized spacial score (nSPS) is 17.4. The van der Waals surface area contributed by atoms with Crippen molar-refractivity contribution in [2.75, 3.05) is 34.5 Å². The number of aliphatic hydroxyl groups is 1. The second-order valence-corrected chi connectivity index (χ2v) is 8.11. The average molecular weight is 470 g/mol. The monoisotopic (exact) mass is 469 g/mol.